The number of carbonyl (C=O) groups is 2. The van der Waals surface area contributed by atoms with Gasteiger partial charge in [-0.05, 0) is 50.1 Å². The van der Waals surface area contributed by atoms with E-state index >= 15 is 0 Å². The minimum Gasteiger partial charge on any atom is -0.450 e. The second kappa shape index (κ2) is 6.85. The van der Waals surface area contributed by atoms with Gasteiger partial charge in [0.25, 0.3) is 0 Å². The minimum absolute atomic E-state index is 0.193. The molecule has 4 heteroatoms. The molecule has 3 aromatic rings. The molecule has 0 amide bonds. The molecule has 1 aromatic heterocycles. The van der Waals surface area contributed by atoms with E-state index in [4.69, 9.17) is 4.74 Å². The van der Waals surface area contributed by atoms with Crippen LogP contribution in [0.5, 0.6) is 0 Å². The SMILES string of the molecule is Cc1ccc(C(=O)[C@@H](C)OC(=O)c2ccc3ccccc3n2)cc1C. The van der Waals surface area contributed by atoms with Gasteiger partial charge in [0.2, 0.25) is 5.78 Å². The molecule has 0 radical (unpaired) electrons. The van der Waals surface area contributed by atoms with E-state index in [0.29, 0.717) is 11.1 Å². The molecular formula is C21H19NO3. The standard InChI is InChI=1S/C21H19NO3/c1-13-8-9-17(12-14(13)2)20(23)15(3)25-21(24)19-11-10-16-6-4-5-7-18(16)22-19/h4-12,15H,1-3H3/t15-/m1/s1. The van der Waals surface area contributed by atoms with Crippen molar-refractivity contribution in [1.29, 1.82) is 0 Å². The predicted molar refractivity (Wildman–Crippen MR) is 96.9 cm³/mol. The first kappa shape index (κ1) is 16.8. The average Bonchev–Trinajstić information content (AvgIpc) is 2.62. The van der Waals surface area contributed by atoms with Crippen LogP contribution >= 0.6 is 0 Å². The molecule has 1 atom stereocenters. The molecule has 0 unspecified atom stereocenters. The first-order valence-corrected chi connectivity index (χ1v) is 8.14. The van der Waals surface area contributed by atoms with Crippen molar-refractivity contribution in [2.24, 2.45) is 0 Å². The lowest BCUT2D eigenvalue weighted by atomic mass is 10.0. The number of carbonyl (C=O) groups excluding carboxylic acids is 2. The molecule has 1 heterocycles. The molecule has 4 nitrogen and oxygen atoms in total. The number of nitrogens with zero attached hydrogens (tertiary/aromatic N) is 1. The Kier molecular flexibility index (Phi) is 4.61. The van der Waals surface area contributed by atoms with E-state index in [1.54, 1.807) is 19.1 Å². The molecule has 25 heavy (non-hydrogen) atoms. The van der Waals surface area contributed by atoms with Gasteiger partial charge >= 0.3 is 5.97 Å². The normalized spacial score (nSPS) is 12.0. The monoisotopic (exact) mass is 333 g/mol. The molecule has 126 valence electrons. The van der Waals surface area contributed by atoms with Crippen molar-refractivity contribution in [1.82, 2.24) is 4.98 Å². The van der Waals surface area contributed by atoms with Gasteiger partial charge in [-0.25, -0.2) is 9.78 Å². The third-order valence-corrected chi connectivity index (χ3v) is 4.25. The molecule has 0 saturated carbocycles. The highest BCUT2D eigenvalue weighted by Crippen LogP contribution is 2.15. The molecule has 0 fully saturated rings. The van der Waals surface area contributed by atoms with Gasteiger partial charge in [0, 0.05) is 10.9 Å². The Morgan fingerprint density at radius 3 is 2.48 bits per heavy atom. The Balaban J connectivity index is 1.76. The van der Waals surface area contributed by atoms with E-state index in [0.717, 1.165) is 16.5 Å². The van der Waals surface area contributed by atoms with Crippen LogP contribution in [0.15, 0.2) is 54.6 Å². The summed E-state index contributed by atoms with van der Waals surface area (Å²) in [5, 5.41) is 0.943. The van der Waals surface area contributed by atoms with E-state index in [1.165, 1.54) is 0 Å². The Hall–Kier alpha value is -3.01. The van der Waals surface area contributed by atoms with Gasteiger partial charge in [0.1, 0.15) is 5.69 Å². The van der Waals surface area contributed by atoms with Crippen LogP contribution in [0.1, 0.15) is 38.9 Å². The highest BCUT2D eigenvalue weighted by atomic mass is 16.5. The smallest absolute Gasteiger partial charge is 0.357 e. The number of hydrogen-bond acceptors (Lipinski definition) is 4. The van der Waals surface area contributed by atoms with Crippen LogP contribution in [-0.2, 0) is 4.74 Å². The van der Waals surface area contributed by atoms with E-state index in [9.17, 15) is 9.59 Å². The highest BCUT2D eigenvalue weighted by molar-refractivity contribution is 6.01. The summed E-state index contributed by atoms with van der Waals surface area (Å²) in [6.45, 7) is 5.51. The summed E-state index contributed by atoms with van der Waals surface area (Å²) in [6.07, 6.45) is -0.872. The number of rotatable bonds is 4. The largest absolute Gasteiger partial charge is 0.450 e. The topological polar surface area (TPSA) is 56.3 Å². The summed E-state index contributed by atoms with van der Waals surface area (Å²) in [5.41, 5.74) is 3.58. The second-order valence-electron chi connectivity index (χ2n) is 6.10. The maximum atomic E-state index is 12.5. The van der Waals surface area contributed by atoms with Gasteiger partial charge in [0.05, 0.1) is 5.52 Å². The van der Waals surface area contributed by atoms with Crippen LogP contribution in [0.25, 0.3) is 10.9 Å². The number of benzene rings is 2. The number of ketones is 1. The fraction of sp³-hybridized carbons (Fsp3) is 0.190. The number of pyridine rings is 1. The maximum Gasteiger partial charge on any atom is 0.357 e. The molecule has 0 bridgehead atoms. The summed E-state index contributed by atoms with van der Waals surface area (Å²) in [7, 11) is 0. The zero-order valence-electron chi connectivity index (χ0n) is 14.4. The number of fused-ring (bicyclic) bond motifs is 1. The first-order valence-electron chi connectivity index (χ1n) is 8.14. The Morgan fingerprint density at radius 2 is 1.72 bits per heavy atom. The van der Waals surface area contributed by atoms with Gasteiger partial charge in [-0.15, -0.1) is 0 Å². The Labute approximate surface area is 146 Å². The summed E-state index contributed by atoms with van der Waals surface area (Å²) in [6, 6.07) is 16.4. The lowest BCUT2D eigenvalue weighted by Crippen LogP contribution is -2.25. The van der Waals surface area contributed by atoms with Crippen LogP contribution in [0, 0.1) is 13.8 Å². The fourth-order valence-electron chi connectivity index (χ4n) is 2.58. The number of aromatic nitrogens is 1. The van der Waals surface area contributed by atoms with Gasteiger partial charge in [-0.2, -0.15) is 0 Å². The van der Waals surface area contributed by atoms with E-state index in [-0.39, 0.29) is 11.5 Å². The molecule has 0 saturated heterocycles. The number of ether oxygens (including phenoxy) is 1. The van der Waals surface area contributed by atoms with Crippen molar-refractivity contribution < 1.29 is 14.3 Å². The average molecular weight is 333 g/mol. The highest BCUT2D eigenvalue weighted by Gasteiger charge is 2.21. The zero-order valence-corrected chi connectivity index (χ0v) is 14.4. The van der Waals surface area contributed by atoms with Crippen molar-refractivity contribution in [3.8, 4) is 0 Å². The molecule has 0 aliphatic carbocycles. The van der Waals surface area contributed by atoms with Crippen molar-refractivity contribution in [3.63, 3.8) is 0 Å². The van der Waals surface area contributed by atoms with Crippen LogP contribution in [-0.4, -0.2) is 22.8 Å². The maximum absolute atomic E-state index is 12.5. The van der Waals surface area contributed by atoms with Crippen LogP contribution in [0.3, 0.4) is 0 Å². The molecule has 0 aliphatic heterocycles. The van der Waals surface area contributed by atoms with Gasteiger partial charge in [0.15, 0.2) is 6.10 Å². The van der Waals surface area contributed by atoms with Crippen LogP contribution < -0.4 is 0 Å². The molecule has 0 aliphatic rings. The third kappa shape index (κ3) is 3.58. The van der Waals surface area contributed by atoms with E-state index in [1.807, 2.05) is 56.3 Å². The fourth-order valence-corrected chi connectivity index (χ4v) is 2.58. The number of aryl methyl sites for hydroxylation is 2. The van der Waals surface area contributed by atoms with Crippen molar-refractivity contribution in [3.05, 3.63) is 77.0 Å². The van der Waals surface area contributed by atoms with E-state index < -0.39 is 12.1 Å². The molecule has 0 spiro atoms. The first-order chi connectivity index (χ1) is 12.0. The number of Topliss-reactive ketones (excluding diaryl/α,β-unsaturated/α-hetero) is 1. The second-order valence-corrected chi connectivity index (χ2v) is 6.10. The minimum atomic E-state index is -0.872. The molecular weight excluding hydrogens is 314 g/mol. The summed E-state index contributed by atoms with van der Waals surface area (Å²) in [5.74, 6) is -0.826. The number of para-hydroxylation sites is 1. The van der Waals surface area contributed by atoms with Gasteiger partial charge < -0.3 is 4.74 Å². The van der Waals surface area contributed by atoms with Crippen molar-refractivity contribution in [2.45, 2.75) is 26.9 Å². The number of hydrogen-bond donors (Lipinski definition) is 0. The summed E-state index contributed by atoms with van der Waals surface area (Å²) in [4.78, 5) is 29.1. The van der Waals surface area contributed by atoms with Crippen molar-refractivity contribution >= 4 is 22.7 Å². The van der Waals surface area contributed by atoms with E-state index in [2.05, 4.69) is 4.98 Å². The predicted octanol–water partition coefficient (Wildman–Crippen LogP) is 4.28. The lowest BCUT2D eigenvalue weighted by molar-refractivity contribution is 0.0313. The van der Waals surface area contributed by atoms with Crippen LogP contribution in [0.4, 0.5) is 0 Å². The number of esters is 1. The Morgan fingerprint density at radius 1 is 0.960 bits per heavy atom. The Bertz CT molecular complexity index is 962. The lowest BCUT2D eigenvalue weighted by Gasteiger charge is -2.13. The van der Waals surface area contributed by atoms with Gasteiger partial charge in [-0.1, -0.05) is 36.4 Å². The third-order valence-electron chi connectivity index (χ3n) is 4.25. The zero-order chi connectivity index (χ0) is 18.0. The molecule has 2 aromatic carbocycles. The molecule has 0 N–H and O–H groups in total. The quantitative estimate of drug-likeness (QED) is 0.528. The summed E-state index contributed by atoms with van der Waals surface area (Å²) >= 11 is 0. The van der Waals surface area contributed by atoms with Crippen molar-refractivity contribution in [2.75, 3.05) is 0 Å². The summed E-state index contributed by atoms with van der Waals surface area (Å²) < 4.78 is 5.32. The van der Waals surface area contributed by atoms with Crippen LogP contribution in [0.2, 0.25) is 0 Å². The van der Waals surface area contributed by atoms with Gasteiger partial charge in [-0.3, -0.25) is 4.79 Å². The molecule has 3 rings (SSSR count).